The topological polar surface area (TPSA) is 62.2 Å². The van der Waals surface area contributed by atoms with Gasteiger partial charge in [-0.15, -0.1) is 0 Å². The van der Waals surface area contributed by atoms with Gasteiger partial charge in [-0.3, -0.25) is 9.78 Å². The van der Waals surface area contributed by atoms with E-state index >= 15 is 0 Å². The number of aromatic nitrogens is 1. The average Bonchev–Trinajstić information content (AvgIpc) is 2.37. The number of aliphatic hydroxyl groups is 1. The minimum absolute atomic E-state index is 0.0294. The van der Waals surface area contributed by atoms with Crippen LogP contribution in [0.15, 0.2) is 24.3 Å². The number of aliphatic hydroxyl groups excluding tert-OH is 1. The average molecular weight is 262 g/mol. The van der Waals surface area contributed by atoms with E-state index in [4.69, 9.17) is 5.11 Å². The second-order valence-corrected chi connectivity index (χ2v) is 4.31. The molecular formula is C14H15FN2O2. The maximum Gasteiger partial charge on any atom is 0.252 e. The molecule has 19 heavy (non-hydrogen) atoms. The highest BCUT2D eigenvalue weighted by Gasteiger charge is 2.12. The molecule has 0 saturated heterocycles. The van der Waals surface area contributed by atoms with Gasteiger partial charge in [0.25, 0.3) is 5.91 Å². The van der Waals surface area contributed by atoms with Crippen molar-refractivity contribution >= 4 is 16.8 Å². The number of hydrogen-bond acceptors (Lipinski definition) is 3. The Kier molecular flexibility index (Phi) is 4.06. The van der Waals surface area contributed by atoms with Gasteiger partial charge < -0.3 is 10.4 Å². The number of hydrogen-bond donors (Lipinski definition) is 2. The van der Waals surface area contributed by atoms with Crippen LogP contribution >= 0.6 is 0 Å². The van der Waals surface area contributed by atoms with Crippen molar-refractivity contribution in [3.63, 3.8) is 0 Å². The van der Waals surface area contributed by atoms with Crippen LogP contribution in [-0.4, -0.2) is 29.1 Å². The Labute approximate surface area is 110 Å². The number of carbonyl (C=O) groups excluding carboxylic acids is 1. The fourth-order valence-corrected chi connectivity index (χ4v) is 1.90. The van der Waals surface area contributed by atoms with E-state index in [2.05, 4.69) is 10.3 Å². The van der Waals surface area contributed by atoms with Crippen LogP contribution in [0.4, 0.5) is 4.39 Å². The Hall–Kier alpha value is -2.01. The lowest BCUT2D eigenvalue weighted by molar-refractivity contribution is 0.0952. The zero-order valence-corrected chi connectivity index (χ0v) is 10.6. The monoisotopic (exact) mass is 262 g/mol. The maximum atomic E-state index is 13.2. The Bertz CT molecular complexity index is 608. The standard InChI is InChI=1S/C14H15FN2O2/c1-9-7-12(14(19)16-5-2-6-18)11-4-3-10(15)8-13(11)17-9/h3-4,7-8,18H,2,5-6H2,1H3,(H,16,19). The van der Waals surface area contributed by atoms with Crippen molar-refractivity contribution in [3.8, 4) is 0 Å². The molecule has 0 spiro atoms. The first-order chi connectivity index (χ1) is 9.11. The van der Waals surface area contributed by atoms with Crippen LogP contribution < -0.4 is 5.32 Å². The van der Waals surface area contributed by atoms with Crippen LogP contribution in [-0.2, 0) is 0 Å². The summed E-state index contributed by atoms with van der Waals surface area (Å²) in [6, 6.07) is 5.85. The number of halogens is 1. The van der Waals surface area contributed by atoms with E-state index in [9.17, 15) is 9.18 Å². The van der Waals surface area contributed by atoms with Gasteiger partial charge in [0, 0.05) is 30.3 Å². The molecule has 0 bridgehead atoms. The lowest BCUT2D eigenvalue weighted by Crippen LogP contribution is -2.25. The number of amides is 1. The summed E-state index contributed by atoms with van der Waals surface area (Å²) in [5.41, 5.74) is 1.60. The second kappa shape index (κ2) is 5.75. The van der Waals surface area contributed by atoms with Crippen LogP contribution in [0.2, 0.25) is 0 Å². The normalized spacial score (nSPS) is 10.7. The van der Waals surface area contributed by atoms with E-state index in [0.717, 1.165) is 0 Å². The molecule has 5 heteroatoms. The molecule has 2 rings (SSSR count). The highest BCUT2D eigenvalue weighted by molar-refractivity contribution is 6.06. The lowest BCUT2D eigenvalue weighted by atomic mass is 10.1. The molecule has 2 N–H and O–H groups in total. The Balaban J connectivity index is 2.39. The van der Waals surface area contributed by atoms with Gasteiger partial charge in [0.05, 0.1) is 11.1 Å². The molecule has 0 aliphatic heterocycles. The van der Waals surface area contributed by atoms with E-state index in [1.807, 2.05) is 0 Å². The smallest absolute Gasteiger partial charge is 0.252 e. The fourth-order valence-electron chi connectivity index (χ4n) is 1.90. The van der Waals surface area contributed by atoms with E-state index in [-0.39, 0.29) is 18.3 Å². The van der Waals surface area contributed by atoms with Gasteiger partial charge in [0.2, 0.25) is 0 Å². The van der Waals surface area contributed by atoms with Crippen LogP contribution in [0.1, 0.15) is 22.5 Å². The Morgan fingerprint density at radius 1 is 1.42 bits per heavy atom. The number of aryl methyl sites for hydroxylation is 1. The minimum Gasteiger partial charge on any atom is -0.396 e. The summed E-state index contributed by atoms with van der Waals surface area (Å²) in [6.07, 6.45) is 0.502. The van der Waals surface area contributed by atoms with Gasteiger partial charge in [0.1, 0.15) is 5.82 Å². The van der Waals surface area contributed by atoms with E-state index in [1.54, 1.807) is 19.1 Å². The minimum atomic E-state index is -0.378. The number of benzene rings is 1. The third-order valence-electron chi connectivity index (χ3n) is 2.77. The molecule has 1 aromatic carbocycles. The summed E-state index contributed by atoms with van der Waals surface area (Å²) >= 11 is 0. The summed E-state index contributed by atoms with van der Waals surface area (Å²) in [5, 5.41) is 12.0. The molecule has 0 atom stereocenters. The van der Waals surface area contributed by atoms with E-state index in [0.29, 0.717) is 35.1 Å². The molecule has 100 valence electrons. The van der Waals surface area contributed by atoms with Gasteiger partial charge in [-0.2, -0.15) is 0 Å². The predicted octanol–water partition coefficient (Wildman–Crippen LogP) is 1.79. The molecule has 0 radical (unpaired) electrons. The molecule has 0 saturated carbocycles. The summed E-state index contributed by atoms with van der Waals surface area (Å²) in [5.74, 6) is -0.618. The Morgan fingerprint density at radius 3 is 2.95 bits per heavy atom. The SMILES string of the molecule is Cc1cc(C(=O)NCCCO)c2ccc(F)cc2n1. The number of pyridine rings is 1. The van der Waals surface area contributed by atoms with Crippen LogP contribution in [0.5, 0.6) is 0 Å². The molecule has 0 unspecified atom stereocenters. The first-order valence-corrected chi connectivity index (χ1v) is 6.08. The molecule has 0 aliphatic carbocycles. The van der Waals surface area contributed by atoms with Gasteiger partial charge in [-0.25, -0.2) is 4.39 Å². The highest BCUT2D eigenvalue weighted by Crippen LogP contribution is 2.19. The Morgan fingerprint density at radius 2 is 2.21 bits per heavy atom. The molecule has 1 amide bonds. The number of carbonyl (C=O) groups is 1. The van der Waals surface area contributed by atoms with Gasteiger partial charge in [0.15, 0.2) is 0 Å². The van der Waals surface area contributed by atoms with Crippen LogP contribution in [0.25, 0.3) is 10.9 Å². The van der Waals surface area contributed by atoms with Crippen molar-refractivity contribution in [2.75, 3.05) is 13.2 Å². The first kappa shape index (κ1) is 13.4. The number of fused-ring (bicyclic) bond motifs is 1. The first-order valence-electron chi connectivity index (χ1n) is 6.08. The molecular weight excluding hydrogens is 247 g/mol. The van der Waals surface area contributed by atoms with Gasteiger partial charge >= 0.3 is 0 Å². The molecule has 1 heterocycles. The largest absolute Gasteiger partial charge is 0.396 e. The van der Waals surface area contributed by atoms with Crippen LogP contribution in [0.3, 0.4) is 0 Å². The molecule has 0 fully saturated rings. The number of nitrogens with one attached hydrogen (secondary N) is 1. The zero-order chi connectivity index (χ0) is 13.8. The maximum absolute atomic E-state index is 13.2. The zero-order valence-electron chi connectivity index (χ0n) is 10.6. The third kappa shape index (κ3) is 3.06. The van der Waals surface area contributed by atoms with Crippen molar-refractivity contribution in [1.82, 2.24) is 10.3 Å². The molecule has 2 aromatic rings. The lowest BCUT2D eigenvalue weighted by Gasteiger charge is -2.08. The van der Waals surface area contributed by atoms with E-state index in [1.165, 1.54) is 12.1 Å². The number of nitrogens with zero attached hydrogens (tertiary/aromatic N) is 1. The predicted molar refractivity (Wildman–Crippen MR) is 70.5 cm³/mol. The summed E-state index contributed by atoms with van der Waals surface area (Å²) in [4.78, 5) is 16.3. The quantitative estimate of drug-likeness (QED) is 0.826. The molecule has 1 aromatic heterocycles. The fraction of sp³-hybridized carbons (Fsp3) is 0.286. The van der Waals surface area contributed by atoms with Gasteiger partial charge in [-0.1, -0.05) is 0 Å². The summed E-state index contributed by atoms with van der Waals surface area (Å²) < 4.78 is 13.2. The third-order valence-corrected chi connectivity index (χ3v) is 2.77. The van der Waals surface area contributed by atoms with Crippen molar-refractivity contribution in [2.24, 2.45) is 0 Å². The van der Waals surface area contributed by atoms with Crippen molar-refractivity contribution in [2.45, 2.75) is 13.3 Å². The number of rotatable bonds is 4. The van der Waals surface area contributed by atoms with Crippen LogP contribution in [0, 0.1) is 12.7 Å². The van der Waals surface area contributed by atoms with E-state index < -0.39 is 0 Å². The highest BCUT2D eigenvalue weighted by atomic mass is 19.1. The summed E-state index contributed by atoms with van der Waals surface area (Å²) in [6.45, 7) is 2.19. The van der Waals surface area contributed by atoms with Gasteiger partial charge in [-0.05, 0) is 31.5 Å². The van der Waals surface area contributed by atoms with Crippen molar-refractivity contribution in [3.05, 3.63) is 41.3 Å². The van der Waals surface area contributed by atoms with Crippen molar-refractivity contribution in [1.29, 1.82) is 0 Å². The summed E-state index contributed by atoms with van der Waals surface area (Å²) in [7, 11) is 0. The molecule has 4 nitrogen and oxygen atoms in total. The molecule has 0 aliphatic rings. The second-order valence-electron chi connectivity index (χ2n) is 4.31. The van der Waals surface area contributed by atoms with Crippen molar-refractivity contribution < 1.29 is 14.3 Å².